The van der Waals surface area contributed by atoms with Crippen molar-refractivity contribution in [2.45, 2.75) is 25.0 Å². The van der Waals surface area contributed by atoms with Gasteiger partial charge < -0.3 is 9.30 Å². The maximum atomic E-state index is 14.0. The van der Waals surface area contributed by atoms with Crippen molar-refractivity contribution >= 4 is 0 Å². The molecule has 1 aliphatic carbocycles. The SMILES string of the molecule is [C-]#[N+]C1NNNC1c1ccnc(-c2ncn(C)c2-c2ccc(F)cc2OCC2CC2)c1. The maximum absolute atomic E-state index is 14.0. The van der Waals surface area contributed by atoms with E-state index in [0.717, 1.165) is 29.7 Å². The number of hydrazine groups is 2. The zero-order valence-electron chi connectivity index (χ0n) is 17.0. The van der Waals surface area contributed by atoms with E-state index in [0.29, 0.717) is 29.7 Å². The Labute approximate surface area is 179 Å². The topological polar surface area (TPSA) is 80.4 Å². The van der Waals surface area contributed by atoms with Crippen LogP contribution in [-0.2, 0) is 7.05 Å². The number of hydrogen-bond donors (Lipinski definition) is 3. The molecule has 3 aromatic rings. The fraction of sp³-hybridized carbons (Fsp3) is 0.318. The summed E-state index contributed by atoms with van der Waals surface area (Å²) in [5.74, 6) is 0.722. The third kappa shape index (κ3) is 3.88. The van der Waals surface area contributed by atoms with E-state index in [9.17, 15) is 4.39 Å². The van der Waals surface area contributed by atoms with Crippen molar-refractivity contribution < 1.29 is 9.13 Å². The first-order valence-electron chi connectivity index (χ1n) is 10.2. The number of benzene rings is 1. The van der Waals surface area contributed by atoms with Crippen LogP contribution in [0, 0.1) is 18.3 Å². The van der Waals surface area contributed by atoms with E-state index < -0.39 is 6.17 Å². The molecular formula is C22H22FN7O. The van der Waals surface area contributed by atoms with Crippen molar-refractivity contribution in [3.63, 3.8) is 0 Å². The first kappa shape index (κ1) is 19.6. The monoisotopic (exact) mass is 419 g/mol. The molecule has 0 radical (unpaired) electrons. The zero-order chi connectivity index (χ0) is 21.4. The average molecular weight is 419 g/mol. The van der Waals surface area contributed by atoms with E-state index in [1.165, 1.54) is 12.1 Å². The molecule has 5 rings (SSSR count). The number of aryl methyl sites for hydroxylation is 1. The van der Waals surface area contributed by atoms with Crippen LogP contribution in [0.15, 0.2) is 42.9 Å². The van der Waals surface area contributed by atoms with Gasteiger partial charge in [0.2, 0.25) is 0 Å². The van der Waals surface area contributed by atoms with Gasteiger partial charge in [-0.25, -0.2) is 21.4 Å². The second-order valence-electron chi connectivity index (χ2n) is 7.89. The number of ether oxygens (including phenoxy) is 1. The molecule has 1 aromatic carbocycles. The number of nitrogens with zero attached hydrogens (tertiary/aromatic N) is 4. The molecule has 8 nitrogen and oxygen atoms in total. The minimum absolute atomic E-state index is 0.227. The van der Waals surface area contributed by atoms with Crippen LogP contribution in [0.4, 0.5) is 4.39 Å². The minimum atomic E-state index is -0.432. The molecule has 0 amide bonds. The molecular weight excluding hydrogens is 397 g/mol. The maximum Gasteiger partial charge on any atom is 0.311 e. The largest absolute Gasteiger partial charge is 0.492 e. The molecule has 158 valence electrons. The molecule has 2 fully saturated rings. The predicted octanol–water partition coefficient (Wildman–Crippen LogP) is 2.98. The van der Waals surface area contributed by atoms with Crippen LogP contribution in [0.1, 0.15) is 24.4 Å². The molecule has 3 heterocycles. The van der Waals surface area contributed by atoms with Crippen molar-refractivity contribution in [3.8, 4) is 28.4 Å². The first-order valence-corrected chi connectivity index (χ1v) is 10.2. The lowest BCUT2D eigenvalue weighted by Crippen LogP contribution is -2.32. The summed E-state index contributed by atoms with van der Waals surface area (Å²) in [6.07, 6.45) is 5.30. The highest BCUT2D eigenvalue weighted by molar-refractivity contribution is 5.80. The van der Waals surface area contributed by atoms with Gasteiger partial charge in [-0.1, -0.05) is 0 Å². The van der Waals surface area contributed by atoms with Gasteiger partial charge in [-0.05, 0) is 48.6 Å². The third-order valence-electron chi connectivity index (χ3n) is 5.60. The number of rotatable bonds is 6. The van der Waals surface area contributed by atoms with Crippen molar-refractivity contribution in [3.05, 3.63) is 65.7 Å². The molecule has 1 saturated carbocycles. The van der Waals surface area contributed by atoms with E-state index in [1.54, 1.807) is 18.6 Å². The number of halogens is 1. The van der Waals surface area contributed by atoms with Gasteiger partial charge in [0.15, 0.2) is 0 Å². The Kier molecular flexibility index (Phi) is 5.11. The normalized spacial score (nSPS) is 20.5. The van der Waals surface area contributed by atoms with Gasteiger partial charge in [-0.3, -0.25) is 9.83 Å². The van der Waals surface area contributed by atoms with Crippen LogP contribution >= 0.6 is 0 Å². The van der Waals surface area contributed by atoms with Crippen molar-refractivity contribution in [1.29, 1.82) is 0 Å². The first-order chi connectivity index (χ1) is 15.1. The van der Waals surface area contributed by atoms with Gasteiger partial charge in [0.1, 0.15) is 23.3 Å². The van der Waals surface area contributed by atoms with E-state index in [4.69, 9.17) is 11.3 Å². The minimum Gasteiger partial charge on any atom is -0.492 e. The van der Waals surface area contributed by atoms with Crippen molar-refractivity contribution in [2.24, 2.45) is 13.0 Å². The Morgan fingerprint density at radius 2 is 2.10 bits per heavy atom. The van der Waals surface area contributed by atoms with E-state index in [2.05, 4.69) is 31.2 Å². The van der Waals surface area contributed by atoms with Crippen molar-refractivity contribution in [2.75, 3.05) is 6.61 Å². The molecule has 0 spiro atoms. The fourth-order valence-corrected chi connectivity index (χ4v) is 3.74. The fourth-order valence-electron chi connectivity index (χ4n) is 3.74. The Morgan fingerprint density at radius 1 is 1.23 bits per heavy atom. The lowest BCUT2D eigenvalue weighted by atomic mass is 10.0. The summed E-state index contributed by atoms with van der Waals surface area (Å²) in [5, 5.41) is 0. The Bertz CT molecular complexity index is 1150. The predicted molar refractivity (Wildman–Crippen MR) is 113 cm³/mol. The molecule has 1 aliphatic heterocycles. The second kappa shape index (κ2) is 8.07. The molecule has 1 saturated heterocycles. The second-order valence-corrected chi connectivity index (χ2v) is 7.89. The van der Waals surface area contributed by atoms with Crippen LogP contribution in [0.3, 0.4) is 0 Å². The summed E-state index contributed by atoms with van der Waals surface area (Å²) in [6, 6.07) is 8.15. The average Bonchev–Trinajstić information content (AvgIpc) is 3.35. The van der Waals surface area contributed by atoms with Gasteiger partial charge in [0.25, 0.3) is 0 Å². The Hall–Kier alpha value is -3.32. The van der Waals surface area contributed by atoms with E-state index >= 15 is 0 Å². The molecule has 0 bridgehead atoms. The van der Waals surface area contributed by atoms with Crippen LogP contribution < -0.4 is 21.1 Å². The third-order valence-corrected chi connectivity index (χ3v) is 5.60. The number of pyridine rings is 1. The standard InChI is InChI=1S/C22H22FN7O/c1-24-22-19(27-29-28-22)14-7-8-25-17(9-14)20-21(30(2)12-26-20)16-6-5-15(23)10-18(16)31-11-13-3-4-13/h5-10,12-13,19,22,27-29H,3-4,11H2,2H3. The summed E-state index contributed by atoms with van der Waals surface area (Å²) in [4.78, 5) is 12.7. The molecule has 31 heavy (non-hydrogen) atoms. The molecule has 2 aromatic heterocycles. The highest BCUT2D eigenvalue weighted by atomic mass is 19.1. The smallest absolute Gasteiger partial charge is 0.311 e. The highest BCUT2D eigenvalue weighted by Crippen LogP contribution is 2.38. The molecule has 2 atom stereocenters. The summed E-state index contributed by atoms with van der Waals surface area (Å²) in [6.45, 7) is 7.95. The van der Waals surface area contributed by atoms with Gasteiger partial charge in [-0.2, -0.15) is 11.0 Å². The number of nitrogens with one attached hydrogen (secondary N) is 3. The van der Waals surface area contributed by atoms with Gasteiger partial charge in [0.05, 0.1) is 24.3 Å². The summed E-state index contributed by atoms with van der Waals surface area (Å²) in [5.41, 5.74) is 12.6. The number of imidazole rings is 1. The van der Waals surface area contributed by atoms with E-state index in [1.807, 2.05) is 23.7 Å². The summed E-state index contributed by atoms with van der Waals surface area (Å²) >= 11 is 0. The van der Waals surface area contributed by atoms with Crippen LogP contribution in [-0.4, -0.2) is 27.3 Å². The Balaban J connectivity index is 1.54. The zero-order valence-corrected chi connectivity index (χ0v) is 17.0. The van der Waals surface area contributed by atoms with Gasteiger partial charge in [-0.15, -0.1) is 0 Å². The molecule has 2 aliphatic rings. The van der Waals surface area contributed by atoms with E-state index in [-0.39, 0.29) is 11.9 Å². The van der Waals surface area contributed by atoms with Crippen LogP contribution in [0.5, 0.6) is 5.75 Å². The summed E-state index contributed by atoms with van der Waals surface area (Å²) in [7, 11) is 1.89. The van der Waals surface area contributed by atoms with Crippen LogP contribution in [0.2, 0.25) is 0 Å². The molecule has 9 heteroatoms. The summed E-state index contributed by atoms with van der Waals surface area (Å²) < 4.78 is 21.9. The molecule has 2 unspecified atom stereocenters. The number of aromatic nitrogens is 3. The quantitative estimate of drug-likeness (QED) is 0.533. The number of hydrogen-bond acceptors (Lipinski definition) is 6. The van der Waals surface area contributed by atoms with Gasteiger partial charge >= 0.3 is 6.17 Å². The Morgan fingerprint density at radius 3 is 2.90 bits per heavy atom. The van der Waals surface area contributed by atoms with Crippen LogP contribution in [0.25, 0.3) is 27.5 Å². The van der Waals surface area contributed by atoms with Gasteiger partial charge in [0, 0.05) is 24.9 Å². The highest BCUT2D eigenvalue weighted by Gasteiger charge is 2.33. The lowest BCUT2D eigenvalue weighted by Gasteiger charge is -2.14. The molecule has 3 N–H and O–H groups in total. The lowest BCUT2D eigenvalue weighted by molar-refractivity contribution is 0.299. The van der Waals surface area contributed by atoms with Crippen molar-refractivity contribution in [1.82, 2.24) is 30.9 Å².